The molecule has 31 heavy (non-hydrogen) atoms. The van der Waals surface area contributed by atoms with Crippen molar-refractivity contribution in [3.63, 3.8) is 0 Å². The van der Waals surface area contributed by atoms with E-state index in [9.17, 15) is 0 Å². The maximum atomic E-state index is 7.91. The SMILES string of the molecule is CC(=N)OC(=N)c1cc2c(OCCCN3CCC(c4ccccc4)CC3)cccc2o1. The van der Waals surface area contributed by atoms with Crippen molar-refractivity contribution in [1.82, 2.24) is 4.90 Å². The van der Waals surface area contributed by atoms with E-state index in [1.54, 1.807) is 6.07 Å². The van der Waals surface area contributed by atoms with E-state index in [1.807, 2.05) is 18.2 Å². The smallest absolute Gasteiger partial charge is 0.256 e. The van der Waals surface area contributed by atoms with Crippen LogP contribution in [0, 0.1) is 10.8 Å². The van der Waals surface area contributed by atoms with E-state index < -0.39 is 0 Å². The average Bonchev–Trinajstić information content (AvgIpc) is 3.23. The van der Waals surface area contributed by atoms with Gasteiger partial charge in [-0.25, -0.2) is 0 Å². The lowest BCUT2D eigenvalue weighted by Crippen LogP contribution is -2.34. The highest BCUT2D eigenvalue weighted by atomic mass is 16.5. The molecule has 6 heteroatoms. The molecule has 162 valence electrons. The number of nitrogens with one attached hydrogen (secondary N) is 2. The van der Waals surface area contributed by atoms with Gasteiger partial charge < -0.3 is 18.8 Å². The van der Waals surface area contributed by atoms with Gasteiger partial charge in [-0.3, -0.25) is 10.8 Å². The normalized spacial score (nSPS) is 15.1. The fraction of sp³-hybridized carbons (Fsp3) is 0.360. The van der Waals surface area contributed by atoms with Crippen molar-refractivity contribution in [2.24, 2.45) is 0 Å². The maximum absolute atomic E-state index is 7.91. The van der Waals surface area contributed by atoms with E-state index in [4.69, 9.17) is 24.7 Å². The second-order valence-corrected chi connectivity index (χ2v) is 7.99. The average molecular weight is 420 g/mol. The second kappa shape index (κ2) is 9.79. The minimum Gasteiger partial charge on any atom is -0.493 e. The molecule has 2 N–H and O–H groups in total. The molecule has 0 atom stereocenters. The number of benzene rings is 2. The molecular formula is C25H29N3O3. The first-order valence-electron chi connectivity index (χ1n) is 10.8. The first-order chi connectivity index (χ1) is 15.1. The molecule has 0 amide bonds. The number of hydrogen-bond donors (Lipinski definition) is 2. The molecule has 4 rings (SSSR count). The van der Waals surface area contributed by atoms with Crippen LogP contribution in [0.4, 0.5) is 0 Å². The number of hydrogen-bond acceptors (Lipinski definition) is 6. The monoisotopic (exact) mass is 419 g/mol. The summed E-state index contributed by atoms with van der Waals surface area (Å²) in [6.45, 7) is 5.41. The third-order valence-corrected chi connectivity index (χ3v) is 5.74. The molecule has 6 nitrogen and oxygen atoms in total. The molecule has 1 fully saturated rings. The lowest BCUT2D eigenvalue weighted by molar-refractivity contribution is 0.193. The number of likely N-dealkylation sites (tertiary alicyclic amines) is 1. The standard InChI is InChI=1S/C25H29N3O3/c1-18(26)30-25(27)24-17-21-22(9-5-10-23(21)31-24)29-16-6-13-28-14-11-20(12-15-28)19-7-3-2-4-8-19/h2-5,7-10,17,20,26-27H,6,11-16H2,1H3. The lowest BCUT2D eigenvalue weighted by Gasteiger charge is -2.32. The zero-order valence-corrected chi connectivity index (χ0v) is 17.9. The maximum Gasteiger partial charge on any atom is 0.256 e. The van der Waals surface area contributed by atoms with Crippen LogP contribution in [0.2, 0.25) is 0 Å². The van der Waals surface area contributed by atoms with Gasteiger partial charge in [0.05, 0.1) is 12.0 Å². The van der Waals surface area contributed by atoms with Crippen molar-refractivity contribution in [1.29, 1.82) is 10.8 Å². The molecule has 0 radical (unpaired) electrons. The largest absolute Gasteiger partial charge is 0.493 e. The molecule has 1 aliphatic rings. The van der Waals surface area contributed by atoms with Gasteiger partial charge >= 0.3 is 0 Å². The summed E-state index contributed by atoms with van der Waals surface area (Å²) in [7, 11) is 0. The molecule has 0 aliphatic carbocycles. The zero-order valence-electron chi connectivity index (χ0n) is 17.9. The summed E-state index contributed by atoms with van der Waals surface area (Å²) >= 11 is 0. The topological polar surface area (TPSA) is 82.5 Å². The van der Waals surface area contributed by atoms with Gasteiger partial charge in [0.2, 0.25) is 0 Å². The Morgan fingerprint density at radius 2 is 1.84 bits per heavy atom. The third kappa shape index (κ3) is 5.33. The van der Waals surface area contributed by atoms with Crippen molar-refractivity contribution >= 4 is 22.8 Å². The van der Waals surface area contributed by atoms with Crippen LogP contribution in [0.15, 0.2) is 59.0 Å². The number of furan rings is 1. The van der Waals surface area contributed by atoms with E-state index in [1.165, 1.54) is 25.3 Å². The molecule has 1 aliphatic heterocycles. The molecule has 0 spiro atoms. The summed E-state index contributed by atoms with van der Waals surface area (Å²) in [6.07, 6.45) is 3.39. The quantitative estimate of drug-likeness (QED) is 0.304. The van der Waals surface area contributed by atoms with Crippen LogP contribution < -0.4 is 4.74 Å². The van der Waals surface area contributed by atoms with E-state index in [-0.39, 0.29) is 11.8 Å². The summed E-state index contributed by atoms with van der Waals surface area (Å²) in [5.41, 5.74) is 2.11. The first kappa shape index (κ1) is 21.1. The van der Waals surface area contributed by atoms with Crippen molar-refractivity contribution in [3.05, 3.63) is 65.9 Å². The highest BCUT2D eigenvalue weighted by molar-refractivity contribution is 6.00. The summed E-state index contributed by atoms with van der Waals surface area (Å²) in [5.74, 6) is 1.50. The van der Waals surface area contributed by atoms with Gasteiger partial charge in [0.15, 0.2) is 11.7 Å². The zero-order chi connectivity index (χ0) is 21.6. The van der Waals surface area contributed by atoms with Crippen LogP contribution >= 0.6 is 0 Å². The Morgan fingerprint density at radius 1 is 1.06 bits per heavy atom. The van der Waals surface area contributed by atoms with Gasteiger partial charge in [0.1, 0.15) is 11.3 Å². The van der Waals surface area contributed by atoms with Crippen LogP contribution in [0.25, 0.3) is 11.0 Å². The molecule has 2 heterocycles. The highest BCUT2D eigenvalue weighted by Gasteiger charge is 2.20. The predicted molar refractivity (Wildman–Crippen MR) is 122 cm³/mol. The van der Waals surface area contributed by atoms with E-state index in [0.717, 1.165) is 37.2 Å². The Labute approximate surface area is 182 Å². The summed E-state index contributed by atoms with van der Waals surface area (Å²) in [5, 5.41) is 16.1. The molecule has 1 aromatic heterocycles. The van der Waals surface area contributed by atoms with Crippen LogP contribution in [-0.2, 0) is 4.74 Å². The molecule has 0 bridgehead atoms. The molecular weight excluding hydrogens is 390 g/mol. The van der Waals surface area contributed by atoms with Crippen molar-refractivity contribution in [3.8, 4) is 5.75 Å². The summed E-state index contributed by atoms with van der Waals surface area (Å²) in [4.78, 5) is 2.53. The number of nitrogens with zero attached hydrogens (tertiary/aromatic N) is 1. The molecule has 0 saturated carbocycles. The molecule has 0 unspecified atom stereocenters. The Kier molecular flexibility index (Phi) is 6.67. The second-order valence-electron chi connectivity index (χ2n) is 7.99. The van der Waals surface area contributed by atoms with Gasteiger partial charge in [-0.2, -0.15) is 0 Å². The van der Waals surface area contributed by atoms with Crippen molar-refractivity contribution < 1.29 is 13.9 Å². The van der Waals surface area contributed by atoms with Crippen molar-refractivity contribution in [2.75, 3.05) is 26.2 Å². The van der Waals surface area contributed by atoms with Gasteiger partial charge in [-0.05, 0) is 56.0 Å². The Balaban J connectivity index is 1.26. The molecule has 1 saturated heterocycles. The van der Waals surface area contributed by atoms with Crippen LogP contribution in [0.1, 0.15) is 43.4 Å². The molecule has 3 aromatic rings. The summed E-state index contributed by atoms with van der Waals surface area (Å²) < 4.78 is 16.8. The molecule has 2 aromatic carbocycles. The number of fused-ring (bicyclic) bond motifs is 1. The van der Waals surface area contributed by atoms with Crippen LogP contribution in [-0.4, -0.2) is 42.9 Å². The highest BCUT2D eigenvalue weighted by Crippen LogP contribution is 2.30. The number of ether oxygens (including phenoxy) is 2. The van der Waals surface area contributed by atoms with E-state index in [0.29, 0.717) is 23.9 Å². The number of rotatable bonds is 7. The van der Waals surface area contributed by atoms with Gasteiger partial charge in [-0.1, -0.05) is 36.4 Å². The Morgan fingerprint density at radius 3 is 2.58 bits per heavy atom. The minimum absolute atomic E-state index is 0.0465. The number of piperidine rings is 1. The Hall–Kier alpha value is -3.12. The van der Waals surface area contributed by atoms with Gasteiger partial charge in [0.25, 0.3) is 5.90 Å². The van der Waals surface area contributed by atoms with E-state index in [2.05, 4.69) is 35.2 Å². The fourth-order valence-corrected chi connectivity index (χ4v) is 4.16. The van der Waals surface area contributed by atoms with Gasteiger partial charge in [0, 0.05) is 19.5 Å². The van der Waals surface area contributed by atoms with Gasteiger partial charge in [-0.15, -0.1) is 0 Å². The first-order valence-corrected chi connectivity index (χ1v) is 10.8. The Bertz CT molecular complexity index is 1040. The van der Waals surface area contributed by atoms with E-state index >= 15 is 0 Å². The van der Waals surface area contributed by atoms with Crippen molar-refractivity contribution in [2.45, 2.75) is 32.1 Å². The predicted octanol–water partition coefficient (Wildman–Crippen LogP) is 5.42. The fourth-order valence-electron chi connectivity index (χ4n) is 4.16. The van der Waals surface area contributed by atoms with Crippen LogP contribution in [0.5, 0.6) is 5.75 Å². The third-order valence-electron chi connectivity index (χ3n) is 5.74. The minimum atomic E-state index is -0.173. The van der Waals surface area contributed by atoms with Crippen LogP contribution in [0.3, 0.4) is 0 Å². The lowest BCUT2D eigenvalue weighted by atomic mass is 9.89. The summed E-state index contributed by atoms with van der Waals surface area (Å²) in [6, 6.07) is 18.2.